The van der Waals surface area contributed by atoms with Crippen LogP contribution in [0.3, 0.4) is 0 Å². The second kappa shape index (κ2) is 26.1. The van der Waals surface area contributed by atoms with Crippen LogP contribution in [-0.4, -0.2) is 85.7 Å². The molecule has 4 N–H and O–H groups in total. The molecule has 330 valence electrons. The number of carbonyl (C=O) groups is 2. The van der Waals surface area contributed by atoms with Crippen molar-refractivity contribution >= 4 is 49.0 Å². The molecule has 0 aliphatic carbocycles. The average molecular weight is 878 g/mol. The molecule has 4 rings (SSSR count). The predicted octanol–water partition coefficient (Wildman–Crippen LogP) is 9.48. The Bertz CT molecular complexity index is 1910. The lowest BCUT2D eigenvalue weighted by molar-refractivity contribution is -0.160. The Kier molecular flexibility index (Phi) is 22.1. The van der Waals surface area contributed by atoms with E-state index in [9.17, 15) is 24.7 Å². The summed E-state index contributed by atoms with van der Waals surface area (Å²) in [5.74, 6) is -0.619. The quantitative estimate of drug-likeness (QED) is 0.0326. The van der Waals surface area contributed by atoms with Gasteiger partial charge in [0.25, 0.3) is 13.8 Å². The van der Waals surface area contributed by atoms with Crippen molar-refractivity contribution in [1.82, 2.24) is 0 Å². The summed E-state index contributed by atoms with van der Waals surface area (Å²) < 4.78 is 16.0. The summed E-state index contributed by atoms with van der Waals surface area (Å²) >= 11 is 12.2. The first-order valence-electron chi connectivity index (χ1n) is 21.2. The number of ether oxygens (including phenoxy) is 3. The van der Waals surface area contributed by atoms with Crippen molar-refractivity contribution in [1.29, 1.82) is 0 Å². The van der Waals surface area contributed by atoms with Crippen LogP contribution in [0.2, 0.25) is 36.3 Å². The van der Waals surface area contributed by atoms with Crippen LogP contribution < -0.4 is 0 Å². The minimum atomic E-state index is -0.976. The Morgan fingerprint density at radius 1 is 0.639 bits per heavy atom. The van der Waals surface area contributed by atoms with Crippen molar-refractivity contribution < 1.29 is 44.1 Å². The van der Waals surface area contributed by atoms with Crippen LogP contribution in [0.1, 0.15) is 51.7 Å². The van der Waals surface area contributed by atoms with E-state index in [-0.39, 0.29) is 50.8 Å². The SMILES string of the molecule is CCOC(=O)[C@](C)(CO)C[C@H](CB(C)O)Cc1ccc(-c2cccc(Cl)c2)cc1.CCOC(=O)[C@](C)(COCCO)C[C@H](CB(C)O)Cc1ccc(-c2cccc(Cl)c2)cc1. The van der Waals surface area contributed by atoms with Crippen molar-refractivity contribution in [2.75, 3.05) is 39.6 Å². The van der Waals surface area contributed by atoms with E-state index in [1.165, 1.54) is 0 Å². The summed E-state index contributed by atoms with van der Waals surface area (Å²) in [7, 11) is 0. The highest BCUT2D eigenvalue weighted by Crippen LogP contribution is 2.35. The van der Waals surface area contributed by atoms with Gasteiger partial charge in [0, 0.05) is 10.0 Å². The summed E-state index contributed by atoms with van der Waals surface area (Å²) in [5.41, 5.74) is 4.68. The number of hydrogen-bond acceptors (Lipinski definition) is 9. The maximum absolute atomic E-state index is 12.7. The Morgan fingerprint density at radius 3 is 1.41 bits per heavy atom. The molecule has 0 spiro atoms. The molecule has 0 radical (unpaired) electrons. The first-order chi connectivity index (χ1) is 29.0. The lowest BCUT2D eigenvalue weighted by atomic mass is 9.60. The number of aliphatic hydroxyl groups excluding tert-OH is 2. The number of carbonyl (C=O) groups excluding carboxylic acids is 2. The van der Waals surface area contributed by atoms with E-state index in [4.69, 9.17) is 42.5 Å². The molecule has 0 aliphatic rings. The zero-order valence-corrected chi connectivity index (χ0v) is 38.1. The van der Waals surface area contributed by atoms with Gasteiger partial charge in [-0.05, 0) is 136 Å². The van der Waals surface area contributed by atoms with Crippen molar-refractivity contribution in [3.63, 3.8) is 0 Å². The van der Waals surface area contributed by atoms with Gasteiger partial charge >= 0.3 is 11.9 Å². The molecule has 61 heavy (non-hydrogen) atoms. The van der Waals surface area contributed by atoms with Gasteiger partial charge in [-0.15, -0.1) is 0 Å². The molecule has 9 nitrogen and oxygen atoms in total. The van der Waals surface area contributed by atoms with Crippen LogP contribution in [0.5, 0.6) is 0 Å². The Labute approximate surface area is 374 Å². The van der Waals surface area contributed by atoms with E-state index in [2.05, 4.69) is 48.5 Å². The number of aliphatic hydroxyl groups is 2. The number of benzene rings is 4. The summed E-state index contributed by atoms with van der Waals surface area (Å²) in [6.07, 6.45) is 3.49. The molecule has 0 unspecified atom stereocenters. The second-order valence-electron chi connectivity index (χ2n) is 16.6. The van der Waals surface area contributed by atoms with Gasteiger partial charge in [0.05, 0.1) is 50.5 Å². The first kappa shape index (κ1) is 51.7. The van der Waals surface area contributed by atoms with E-state index in [0.717, 1.165) is 39.8 Å². The minimum Gasteiger partial charge on any atom is -0.466 e. The van der Waals surface area contributed by atoms with Crippen LogP contribution in [0.25, 0.3) is 22.3 Å². The molecular formula is C48H64B2Cl2O9. The summed E-state index contributed by atoms with van der Waals surface area (Å²) in [5, 5.41) is 40.3. The first-order valence-corrected chi connectivity index (χ1v) is 22.0. The number of esters is 2. The molecule has 0 saturated carbocycles. The van der Waals surface area contributed by atoms with Crippen LogP contribution >= 0.6 is 23.2 Å². The molecular weight excluding hydrogens is 813 g/mol. The fraction of sp³-hybridized carbons (Fsp3) is 0.458. The number of hydrogen-bond donors (Lipinski definition) is 4. The van der Waals surface area contributed by atoms with Crippen LogP contribution in [-0.2, 0) is 36.6 Å². The number of rotatable bonds is 23. The van der Waals surface area contributed by atoms with Crippen molar-refractivity contribution in [3.8, 4) is 22.3 Å². The topological polar surface area (TPSA) is 143 Å². The third-order valence-electron chi connectivity index (χ3n) is 10.6. The largest absolute Gasteiger partial charge is 0.466 e. The molecule has 0 aromatic heterocycles. The molecule has 13 heteroatoms. The predicted molar refractivity (Wildman–Crippen MR) is 249 cm³/mol. The van der Waals surface area contributed by atoms with Gasteiger partial charge in [0.2, 0.25) is 0 Å². The Balaban J connectivity index is 0.000000327. The highest BCUT2D eigenvalue weighted by molar-refractivity contribution is 6.48. The molecule has 0 saturated heterocycles. The fourth-order valence-corrected chi connectivity index (χ4v) is 8.15. The zero-order valence-electron chi connectivity index (χ0n) is 36.6. The zero-order chi connectivity index (χ0) is 45.0. The molecule has 0 bridgehead atoms. The Hall–Kier alpha value is -3.67. The third kappa shape index (κ3) is 17.6. The van der Waals surface area contributed by atoms with E-state index in [0.29, 0.717) is 48.6 Å². The number of halogens is 2. The van der Waals surface area contributed by atoms with E-state index < -0.39 is 30.6 Å². The van der Waals surface area contributed by atoms with Crippen molar-refractivity contribution in [2.45, 2.75) is 79.7 Å². The normalized spacial score (nSPS) is 14.0. The second-order valence-corrected chi connectivity index (χ2v) is 17.5. The third-order valence-corrected chi connectivity index (χ3v) is 11.1. The summed E-state index contributed by atoms with van der Waals surface area (Å²) in [6.45, 7) is 10.1. The van der Waals surface area contributed by atoms with Crippen LogP contribution in [0.4, 0.5) is 0 Å². The van der Waals surface area contributed by atoms with Gasteiger partial charge in [-0.3, -0.25) is 9.59 Å². The van der Waals surface area contributed by atoms with E-state index in [1.807, 2.05) is 55.5 Å². The average Bonchev–Trinajstić information content (AvgIpc) is 3.21. The van der Waals surface area contributed by atoms with E-state index >= 15 is 0 Å². The van der Waals surface area contributed by atoms with Gasteiger partial charge in [0.15, 0.2) is 0 Å². The van der Waals surface area contributed by atoms with Crippen molar-refractivity contribution in [2.24, 2.45) is 22.7 Å². The lowest BCUT2D eigenvalue weighted by Crippen LogP contribution is -2.38. The van der Waals surface area contributed by atoms with Crippen molar-refractivity contribution in [3.05, 3.63) is 118 Å². The highest BCUT2D eigenvalue weighted by atomic mass is 35.5. The molecule has 0 amide bonds. The molecule has 4 atom stereocenters. The molecule has 0 aliphatic heterocycles. The van der Waals surface area contributed by atoms with E-state index in [1.54, 1.807) is 34.4 Å². The molecule has 4 aromatic rings. The smallest absolute Gasteiger partial charge is 0.314 e. The Morgan fingerprint density at radius 2 is 1.05 bits per heavy atom. The molecule has 4 aromatic carbocycles. The molecule has 0 heterocycles. The molecule has 0 fully saturated rings. The van der Waals surface area contributed by atoms with Gasteiger partial charge < -0.3 is 34.5 Å². The van der Waals surface area contributed by atoms with Gasteiger partial charge in [0.1, 0.15) is 0 Å². The maximum atomic E-state index is 12.7. The lowest BCUT2D eigenvalue weighted by Gasteiger charge is -2.31. The maximum Gasteiger partial charge on any atom is 0.314 e. The minimum absolute atomic E-state index is 0.0357. The summed E-state index contributed by atoms with van der Waals surface area (Å²) in [6, 6.07) is 32.0. The van der Waals surface area contributed by atoms with Gasteiger partial charge in [-0.1, -0.05) is 110 Å². The standard InChI is InChI=1S/C25H34BClO5.C23H30BClO4/c1-4-32-24(29)25(2,18-31-13-12-28)16-20(17-26(3)30)14-19-8-10-21(11-9-19)22-6-5-7-23(27)15-22;1-4-29-22(27)23(2,16-26)14-18(15-24(3)28)12-17-8-10-19(11-9-17)20-6-5-7-21(25)13-20/h5-11,15,20,28,30H,4,12-14,16-18H2,1-3H3;5-11,13,18,26,28H,4,12,14-16H2,1-3H3/t20-,25+;18-,23+/m11/s1. The fourth-order valence-electron chi connectivity index (χ4n) is 7.77. The monoisotopic (exact) mass is 876 g/mol. The van der Waals surface area contributed by atoms with Gasteiger partial charge in [-0.2, -0.15) is 0 Å². The van der Waals surface area contributed by atoms with Crippen LogP contribution in [0.15, 0.2) is 97.1 Å². The van der Waals surface area contributed by atoms with Gasteiger partial charge in [-0.25, -0.2) is 0 Å². The highest BCUT2D eigenvalue weighted by Gasteiger charge is 2.39. The summed E-state index contributed by atoms with van der Waals surface area (Å²) in [4.78, 5) is 25.1. The van der Waals surface area contributed by atoms with Crippen LogP contribution in [0, 0.1) is 22.7 Å².